The van der Waals surface area contributed by atoms with E-state index in [1.54, 1.807) is 27.7 Å². The first kappa shape index (κ1) is 18.4. The van der Waals surface area contributed by atoms with Crippen molar-refractivity contribution in [2.75, 3.05) is 11.9 Å². The quantitative estimate of drug-likeness (QED) is 0.753. The number of aromatic nitrogens is 1. The second-order valence-electron chi connectivity index (χ2n) is 6.07. The van der Waals surface area contributed by atoms with Gasteiger partial charge in [-0.25, -0.2) is 9.78 Å². The van der Waals surface area contributed by atoms with Crippen LogP contribution in [0.4, 0.5) is 10.5 Å². The summed E-state index contributed by atoms with van der Waals surface area (Å²) in [4.78, 5) is 38.3. The first-order valence-electron chi connectivity index (χ1n) is 7.12. The third-order valence-electron chi connectivity index (χ3n) is 2.68. The van der Waals surface area contributed by atoms with Crippen molar-refractivity contribution in [3.05, 3.63) is 24.0 Å². The van der Waals surface area contributed by atoms with Crippen molar-refractivity contribution in [2.45, 2.75) is 33.3 Å². The molecule has 126 valence electrons. The minimum Gasteiger partial charge on any atom is -0.444 e. The molecule has 0 aliphatic rings. The fraction of sp³-hybridized carbons (Fsp3) is 0.467. The molecule has 0 saturated carbocycles. The zero-order chi connectivity index (χ0) is 17.6. The number of rotatable bonds is 5. The number of nitrogens with two attached hydrogens (primary N) is 1. The molecule has 1 atom stereocenters. The van der Waals surface area contributed by atoms with Crippen LogP contribution in [0.5, 0.6) is 0 Å². The minimum absolute atomic E-state index is 0.114. The number of carbonyl (C=O) groups is 3. The molecule has 0 aliphatic heterocycles. The van der Waals surface area contributed by atoms with Crippen molar-refractivity contribution in [2.24, 2.45) is 11.7 Å². The molecule has 8 nitrogen and oxygen atoms in total. The summed E-state index contributed by atoms with van der Waals surface area (Å²) in [5.41, 5.74) is 5.04. The van der Waals surface area contributed by atoms with Crippen LogP contribution in [0, 0.1) is 5.92 Å². The van der Waals surface area contributed by atoms with Crippen molar-refractivity contribution < 1.29 is 19.1 Å². The highest BCUT2D eigenvalue weighted by Crippen LogP contribution is 2.09. The van der Waals surface area contributed by atoms with E-state index in [0.29, 0.717) is 5.69 Å². The summed E-state index contributed by atoms with van der Waals surface area (Å²) in [6, 6.07) is 2.95. The molecule has 0 bridgehead atoms. The lowest BCUT2D eigenvalue weighted by Gasteiger charge is -2.20. The molecule has 1 heterocycles. The van der Waals surface area contributed by atoms with Crippen LogP contribution in [0.15, 0.2) is 18.3 Å². The molecule has 1 aromatic rings. The standard InChI is InChI=1S/C15H22N4O4/c1-9(7-18-14(22)23-15(2,3)4)13(21)19-10-5-6-11(12(16)20)17-8-10/h5-6,8-9H,7H2,1-4H3,(H2,16,20)(H,18,22)(H,19,21)/t9-/m0/s1. The molecule has 23 heavy (non-hydrogen) atoms. The summed E-state index contributed by atoms with van der Waals surface area (Å²) in [5, 5.41) is 5.17. The molecular formula is C15H22N4O4. The number of pyridine rings is 1. The fourth-order valence-electron chi connectivity index (χ4n) is 1.52. The fourth-order valence-corrected chi connectivity index (χ4v) is 1.52. The van der Waals surface area contributed by atoms with Crippen LogP contribution < -0.4 is 16.4 Å². The summed E-state index contributed by atoms with van der Waals surface area (Å²) < 4.78 is 5.09. The first-order valence-corrected chi connectivity index (χ1v) is 7.12. The van der Waals surface area contributed by atoms with Gasteiger partial charge in [0.2, 0.25) is 5.91 Å². The van der Waals surface area contributed by atoms with Gasteiger partial charge in [-0.3, -0.25) is 9.59 Å². The molecule has 0 saturated heterocycles. The Bertz CT molecular complexity index is 578. The predicted octanol–water partition coefficient (Wildman–Crippen LogP) is 1.28. The molecule has 0 aliphatic carbocycles. The molecule has 4 N–H and O–H groups in total. The third kappa shape index (κ3) is 6.77. The van der Waals surface area contributed by atoms with Gasteiger partial charge in [0.25, 0.3) is 5.91 Å². The summed E-state index contributed by atoms with van der Waals surface area (Å²) >= 11 is 0. The van der Waals surface area contributed by atoms with Crippen molar-refractivity contribution in [3.63, 3.8) is 0 Å². The van der Waals surface area contributed by atoms with Crippen molar-refractivity contribution in [1.29, 1.82) is 0 Å². The summed E-state index contributed by atoms with van der Waals surface area (Å²) in [5.74, 6) is -1.41. The van der Waals surface area contributed by atoms with Gasteiger partial charge in [-0.05, 0) is 32.9 Å². The van der Waals surface area contributed by atoms with Crippen molar-refractivity contribution in [1.82, 2.24) is 10.3 Å². The van der Waals surface area contributed by atoms with E-state index in [2.05, 4.69) is 15.6 Å². The maximum absolute atomic E-state index is 12.0. The molecular weight excluding hydrogens is 300 g/mol. The highest BCUT2D eigenvalue weighted by molar-refractivity contribution is 5.94. The topological polar surface area (TPSA) is 123 Å². The molecule has 0 radical (unpaired) electrons. The van der Waals surface area contributed by atoms with E-state index in [9.17, 15) is 14.4 Å². The van der Waals surface area contributed by atoms with Crippen LogP contribution in [-0.2, 0) is 9.53 Å². The number of ether oxygens (including phenoxy) is 1. The average molecular weight is 322 g/mol. The molecule has 1 aromatic heterocycles. The third-order valence-corrected chi connectivity index (χ3v) is 2.68. The predicted molar refractivity (Wildman–Crippen MR) is 84.8 cm³/mol. The monoisotopic (exact) mass is 322 g/mol. The van der Waals surface area contributed by atoms with Crippen molar-refractivity contribution >= 4 is 23.6 Å². The number of primary amides is 1. The SMILES string of the molecule is C[C@@H](CNC(=O)OC(C)(C)C)C(=O)Nc1ccc(C(N)=O)nc1. The number of amides is 3. The molecule has 1 rings (SSSR count). The highest BCUT2D eigenvalue weighted by atomic mass is 16.6. The summed E-state index contributed by atoms with van der Waals surface area (Å²) in [6.45, 7) is 7.06. The number of anilines is 1. The maximum atomic E-state index is 12.0. The van der Waals surface area contributed by atoms with E-state index >= 15 is 0 Å². The van der Waals surface area contributed by atoms with Crippen LogP contribution in [0.3, 0.4) is 0 Å². The Hall–Kier alpha value is -2.64. The highest BCUT2D eigenvalue weighted by Gasteiger charge is 2.19. The van der Waals surface area contributed by atoms with Crippen LogP contribution in [0.1, 0.15) is 38.2 Å². The number of nitrogens with zero attached hydrogens (tertiary/aromatic N) is 1. The van der Waals surface area contributed by atoms with Gasteiger partial charge >= 0.3 is 6.09 Å². The second-order valence-corrected chi connectivity index (χ2v) is 6.07. The second kappa shape index (κ2) is 7.57. The Morgan fingerprint density at radius 2 is 1.96 bits per heavy atom. The van der Waals surface area contributed by atoms with Crippen LogP contribution in [0.2, 0.25) is 0 Å². The Morgan fingerprint density at radius 1 is 1.30 bits per heavy atom. The maximum Gasteiger partial charge on any atom is 0.407 e. The molecule has 3 amide bonds. The first-order chi connectivity index (χ1) is 10.6. The Labute approximate surface area is 134 Å². The lowest BCUT2D eigenvalue weighted by Crippen LogP contribution is -2.37. The van der Waals surface area contributed by atoms with E-state index < -0.39 is 23.5 Å². The number of carbonyl (C=O) groups excluding carboxylic acids is 3. The Balaban J connectivity index is 2.47. The van der Waals surface area contributed by atoms with Gasteiger partial charge in [0.15, 0.2) is 0 Å². The van der Waals surface area contributed by atoms with Gasteiger partial charge in [-0.2, -0.15) is 0 Å². The zero-order valence-electron chi connectivity index (χ0n) is 13.7. The van der Waals surface area contributed by atoms with Gasteiger partial charge in [-0.1, -0.05) is 6.92 Å². The number of hydrogen-bond donors (Lipinski definition) is 3. The molecule has 0 fully saturated rings. The van der Waals surface area contributed by atoms with Crippen LogP contribution >= 0.6 is 0 Å². The Kier molecular flexibility index (Phi) is 6.06. The summed E-state index contributed by atoms with van der Waals surface area (Å²) in [6.07, 6.45) is 0.760. The van der Waals surface area contributed by atoms with Crippen LogP contribution in [0.25, 0.3) is 0 Å². The number of nitrogens with one attached hydrogen (secondary N) is 2. The molecule has 8 heteroatoms. The zero-order valence-corrected chi connectivity index (χ0v) is 13.7. The minimum atomic E-state index is -0.641. The Morgan fingerprint density at radius 3 is 2.43 bits per heavy atom. The lowest BCUT2D eigenvalue weighted by atomic mass is 10.1. The smallest absolute Gasteiger partial charge is 0.407 e. The summed E-state index contributed by atoms with van der Waals surface area (Å²) in [7, 11) is 0. The van der Waals surface area contributed by atoms with Crippen LogP contribution in [-0.4, -0.2) is 35.0 Å². The number of hydrogen-bond acceptors (Lipinski definition) is 5. The largest absolute Gasteiger partial charge is 0.444 e. The van der Waals surface area contributed by atoms with E-state index in [1.165, 1.54) is 18.3 Å². The van der Waals surface area contributed by atoms with E-state index in [0.717, 1.165) is 0 Å². The average Bonchev–Trinajstić information content (AvgIpc) is 2.43. The number of alkyl carbamates (subject to hydrolysis) is 1. The van der Waals surface area contributed by atoms with Crippen molar-refractivity contribution in [3.8, 4) is 0 Å². The van der Waals surface area contributed by atoms with Gasteiger partial charge in [0, 0.05) is 6.54 Å². The molecule has 0 spiro atoms. The van der Waals surface area contributed by atoms with Gasteiger partial charge in [-0.15, -0.1) is 0 Å². The van der Waals surface area contributed by atoms with E-state index in [1.807, 2.05) is 0 Å². The molecule has 0 aromatic carbocycles. The normalized spacial score (nSPS) is 12.2. The van der Waals surface area contributed by atoms with E-state index in [4.69, 9.17) is 10.5 Å². The van der Waals surface area contributed by atoms with Gasteiger partial charge in [0.1, 0.15) is 11.3 Å². The lowest BCUT2D eigenvalue weighted by molar-refractivity contribution is -0.119. The molecule has 0 unspecified atom stereocenters. The van der Waals surface area contributed by atoms with Gasteiger partial charge in [0.05, 0.1) is 17.8 Å². The van der Waals surface area contributed by atoms with Gasteiger partial charge < -0.3 is 21.1 Å². The van der Waals surface area contributed by atoms with E-state index in [-0.39, 0.29) is 18.1 Å².